The lowest BCUT2D eigenvalue weighted by molar-refractivity contribution is 0.327. The smallest absolute Gasteiger partial charge is 0.244 e. The van der Waals surface area contributed by atoms with Gasteiger partial charge in [-0.25, -0.2) is 18.1 Å². The predicted octanol–water partition coefficient (Wildman–Crippen LogP) is 1.52. The summed E-state index contributed by atoms with van der Waals surface area (Å²) in [5.41, 5.74) is 5.61. The number of rotatable bonds is 3. The number of pyridine rings is 1. The lowest BCUT2D eigenvalue weighted by atomic mass is 9.88. The number of hydrogen-bond donors (Lipinski definition) is 2. The van der Waals surface area contributed by atoms with Crippen molar-refractivity contribution in [1.82, 2.24) is 9.71 Å². The summed E-state index contributed by atoms with van der Waals surface area (Å²) in [7, 11) is -3.55. The average Bonchev–Trinajstić information content (AvgIpc) is 2.28. The van der Waals surface area contributed by atoms with Crippen molar-refractivity contribution in [2.75, 3.05) is 5.73 Å². The SMILES string of the molecule is CC1CCCC(NS(=O)(=O)c2cccnc2N)C1. The zero-order valence-corrected chi connectivity index (χ0v) is 11.3. The van der Waals surface area contributed by atoms with Gasteiger partial charge >= 0.3 is 0 Å². The maximum atomic E-state index is 12.2. The van der Waals surface area contributed by atoms with Crippen molar-refractivity contribution in [1.29, 1.82) is 0 Å². The highest BCUT2D eigenvalue weighted by atomic mass is 32.2. The van der Waals surface area contributed by atoms with Gasteiger partial charge < -0.3 is 5.73 Å². The Balaban J connectivity index is 2.15. The Morgan fingerprint density at radius 3 is 2.89 bits per heavy atom. The van der Waals surface area contributed by atoms with E-state index in [1.165, 1.54) is 18.7 Å². The Labute approximate surface area is 108 Å². The van der Waals surface area contributed by atoms with Crippen molar-refractivity contribution in [2.45, 2.75) is 43.5 Å². The summed E-state index contributed by atoms with van der Waals surface area (Å²) in [6, 6.07) is 3.07. The average molecular weight is 269 g/mol. The van der Waals surface area contributed by atoms with Gasteiger partial charge in [0.1, 0.15) is 10.7 Å². The number of nitrogens with two attached hydrogens (primary N) is 1. The van der Waals surface area contributed by atoms with Gasteiger partial charge in [-0.2, -0.15) is 0 Å². The molecule has 0 amide bonds. The highest BCUT2D eigenvalue weighted by Gasteiger charge is 2.25. The van der Waals surface area contributed by atoms with Gasteiger partial charge in [-0.3, -0.25) is 0 Å². The number of sulfonamides is 1. The third-order valence-corrected chi connectivity index (χ3v) is 4.92. The third kappa shape index (κ3) is 3.00. The van der Waals surface area contributed by atoms with Crippen molar-refractivity contribution in [3.05, 3.63) is 18.3 Å². The number of nitrogens with one attached hydrogen (secondary N) is 1. The molecule has 1 saturated carbocycles. The first kappa shape index (κ1) is 13.3. The molecule has 1 aromatic rings. The van der Waals surface area contributed by atoms with Crippen molar-refractivity contribution in [3.63, 3.8) is 0 Å². The minimum absolute atomic E-state index is 0.0124. The maximum absolute atomic E-state index is 12.2. The van der Waals surface area contributed by atoms with Crippen LogP contribution in [0.5, 0.6) is 0 Å². The van der Waals surface area contributed by atoms with E-state index in [-0.39, 0.29) is 16.8 Å². The molecule has 0 aliphatic heterocycles. The van der Waals surface area contributed by atoms with Gasteiger partial charge in [-0.05, 0) is 30.9 Å². The fraction of sp³-hybridized carbons (Fsp3) is 0.583. The molecule has 2 rings (SSSR count). The van der Waals surface area contributed by atoms with E-state index in [1.807, 2.05) is 0 Å². The second kappa shape index (κ2) is 5.24. The second-order valence-electron chi connectivity index (χ2n) is 4.98. The largest absolute Gasteiger partial charge is 0.383 e. The summed E-state index contributed by atoms with van der Waals surface area (Å²) < 4.78 is 27.1. The molecule has 18 heavy (non-hydrogen) atoms. The molecule has 0 radical (unpaired) electrons. The Bertz CT molecular complexity index is 516. The van der Waals surface area contributed by atoms with E-state index < -0.39 is 10.0 Å². The van der Waals surface area contributed by atoms with Crippen LogP contribution in [0.15, 0.2) is 23.2 Å². The number of aromatic nitrogens is 1. The topological polar surface area (TPSA) is 85.1 Å². The Morgan fingerprint density at radius 1 is 1.44 bits per heavy atom. The number of nitrogen functional groups attached to an aromatic ring is 1. The first-order chi connectivity index (χ1) is 8.49. The molecule has 0 bridgehead atoms. The molecule has 3 N–H and O–H groups in total. The van der Waals surface area contributed by atoms with Crippen LogP contribution in [0.25, 0.3) is 0 Å². The summed E-state index contributed by atoms with van der Waals surface area (Å²) in [6.45, 7) is 2.15. The molecule has 1 aliphatic carbocycles. The van der Waals surface area contributed by atoms with Crippen LogP contribution in [0.4, 0.5) is 5.82 Å². The summed E-state index contributed by atoms with van der Waals surface area (Å²) in [4.78, 5) is 3.88. The van der Waals surface area contributed by atoms with Gasteiger partial charge in [-0.1, -0.05) is 19.8 Å². The lowest BCUT2D eigenvalue weighted by Crippen LogP contribution is -2.38. The zero-order chi connectivity index (χ0) is 13.2. The molecule has 1 aliphatic rings. The Morgan fingerprint density at radius 2 is 2.22 bits per heavy atom. The summed E-state index contributed by atoms with van der Waals surface area (Å²) >= 11 is 0. The van der Waals surface area contributed by atoms with Crippen molar-refractivity contribution < 1.29 is 8.42 Å². The Kier molecular flexibility index (Phi) is 3.87. The van der Waals surface area contributed by atoms with E-state index in [1.54, 1.807) is 6.07 Å². The number of hydrogen-bond acceptors (Lipinski definition) is 4. The van der Waals surface area contributed by atoms with E-state index in [0.717, 1.165) is 19.3 Å². The highest BCUT2D eigenvalue weighted by molar-refractivity contribution is 7.89. The first-order valence-corrected chi connectivity index (χ1v) is 7.70. The molecule has 1 aromatic heterocycles. The normalized spacial score (nSPS) is 24.9. The molecular weight excluding hydrogens is 250 g/mol. The molecule has 1 fully saturated rings. The fourth-order valence-corrected chi connectivity index (χ4v) is 3.82. The minimum Gasteiger partial charge on any atom is -0.383 e. The quantitative estimate of drug-likeness (QED) is 0.871. The highest BCUT2D eigenvalue weighted by Crippen LogP contribution is 2.25. The Hall–Kier alpha value is -1.14. The molecule has 5 nitrogen and oxygen atoms in total. The fourth-order valence-electron chi connectivity index (χ4n) is 2.45. The van der Waals surface area contributed by atoms with Crippen LogP contribution in [0.1, 0.15) is 32.6 Å². The van der Waals surface area contributed by atoms with Crippen molar-refractivity contribution in [2.24, 2.45) is 5.92 Å². The molecular formula is C12H19N3O2S. The van der Waals surface area contributed by atoms with Crippen LogP contribution in [-0.2, 0) is 10.0 Å². The van der Waals surface area contributed by atoms with Crippen LogP contribution in [0, 0.1) is 5.92 Å². The van der Waals surface area contributed by atoms with E-state index in [4.69, 9.17) is 5.73 Å². The van der Waals surface area contributed by atoms with Gasteiger partial charge in [0.05, 0.1) is 0 Å². The van der Waals surface area contributed by atoms with Crippen LogP contribution in [0.3, 0.4) is 0 Å². The zero-order valence-electron chi connectivity index (χ0n) is 10.5. The van der Waals surface area contributed by atoms with Gasteiger partial charge in [0.15, 0.2) is 0 Å². The van der Waals surface area contributed by atoms with E-state index >= 15 is 0 Å². The van der Waals surface area contributed by atoms with E-state index in [2.05, 4.69) is 16.6 Å². The van der Waals surface area contributed by atoms with Gasteiger partial charge in [-0.15, -0.1) is 0 Å². The van der Waals surface area contributed by atoms with Gasteiger partial charge in [0.25, 0.3) is 0 Å². The molecule has 0 aromatic carbocycles. The van der Waals surface area contributed by atoms with E-state index in [9.17, 15) is 8.42 Å². The lowest BCUT2D eigenvalue weighted by Gasteiger charge is -2.27. The van der Waals surface area contributed by atoms with Crippen molar-refractivity contribution in [3.8, 4) is 0 Å². The van der Waals surface area contributed by atoms with Crippen LogP contribution in [-0.4, -0.2) is 19.4 Å². The van der Waals surface area contributed by atoms with Gasteiger partial charge in [0.2, 0.25) is 10.0 Å². The molecule has 0 spiro atoms. The second-order valence-corrected chi connectivity index (χ2v) is 6.66. The maximum Gasteiger partial charge on any atom is 0.244 e. The summed E-state index contributed by atoms with van der Waals surface area (Å²) in [5, 5.41) is 0. The molecule has 2 unspecified atom stereocenters. The first-order valence-electron chi connectivity index (χ1n) is 6.22. The van der Waals surface area contributed by atoms with Crippen LogP contribution < -0.4 is 10.5 Å². The molecule has 2 atom stereocenters. The number of nitrogens with zero attached hydrogens (tertiary/aromatic N) is 1. The van der Waals surface area contributed by atoms with Gasteiger partial charge in [0, 0.05) is 12.2 Å². The summed E-state index contributed by atoms with van der Waals surface area (Å²) in [6.07, 6.45) is 5.50. The molecule has 100 valence electrons. The molecule has 6 heteroatoms. The standard InChI is InChI=1S/C12H19N3O2S/c1-9-4-2-5-10(8-9)15-18(16,17)11-6-3-7-14-12(11)13/h3,6-7,9-10,15H,2,4-5,8H2,1H3,(H2,13,14). The van der Waals surface area contributed by atoms with Crippen LogP contribution >= 0.6 is 0 Å². The van der Waals surface area contributed by atoms with Crippen LogP contribution in [0.2, 0.25) is 0 Å². The molecule has 1 heterocycles. The minimum atomic E-state index is -3.55. The summed E-state index contributed by atoms with van der Waals surface area (Å²) in [5.74, 6) is 0.617. The predicted molar refractivity (Wildman–Crippen MR) is 70.4 cm³/mol. The molecule has 0 saturated heterocycles. The number of anilines is 1. The monoisotopic (exact) mass is 269 g/mol. The van der Waals surface area contributed by atoms with E-state index in [0.29, 0.717) is 5.92 Å². The third-order valence-electron chi connectivity index (χ3n) is 3.35. The van der Waals surface area contributed by atoms with Crippen molar-refractivity contribution >= 4 is 15.8 Å².